The van der Waals surface area contributed by atoms with Crippen LogP contribution in [0.25, 0.3) is 0 Å². The van der Waals surface area contributed by atoms with Crippen LogP contribution in [-0.2, 0) is 0 Å². The third kappa shape index (κ3) is 1.14. The molecule has 0 radical (unpaired) electrons. The van der Waals surface area contributed by atoms with Gasteiger partial charge in [0.15, 0.2) is 0 Å². The average Bonchev–Trinajstić information content (AvgIpc) is 2.50. The Morgan fingerprint density at radius 3 is 3.18 bits per heavy atom. The van der Waals surface area contributed by atoms with Crippen molar-refractivity contribution >= 4 is 0 Å². The van der Waals surface area contributed by atoms with Gasteiger partial charge in [-0.3, -0.25) is 0 Å². The molecule has 1 saturated carbocycles. The van der Waals surface area contributed by atoms with Crippen LogP contribution in [0, 0.1) is 11.8 Å². The summed E-state index contributed by atoms with van der Waals surface area (Å²) in [6.07, 6.45) is 10.4. The van der Waals surface area contributed by atoms with Crippen LogP contribution in [0.4, 0.5) is 0 Å². The zero-order valence-corrected chi connectivity index (χ0v) is 6.66. The minimum atomic E-state index is 0.255. The molecule has 2 rings (SSSR count). The van der Waals surface area contributed by atoms with Gasteiger partial charge in [-0.2, -0.15) is 0 Å². The molecule has 0 amide bonds. The second-order valence-electron chi connectivity index (χ2n) is 3.49. The number of aliphatic hydroxyl groups is 1. The fourth-order valence-electron chi connectivity index (χ4n) is 2.29. The first-order valence-corrected chi connectivity index (χ1v) is 4.40. The van der Waals surface area contributed by atoms with Crippen molar-refractivity contribution in [3.63, 3.8) is 0 Å². The molecule has 1 N–H and O–H groups in total. The molecular weight excluding hydrogens is 136 g/mol. The van der Waals surface area contributed by atoms with Gasteiger partial charge in [0, 0.05) is 0 Å². The van der Waals surface area contributed by atoms with Crippen molar-refractivity contribution in [2.24, 2.45) is 11.8 Å². The number of rotatable bonds is 1. The molecule has 60 valence electrons. The Bertz CT molecular complexity index is 203. The molecule has 0 spiro atoms. The van der Waals surface area contributed by atoms with Crippen molar-refractivity contribution in [3.8, 4) is 0 Å². The lowest BCUT2D eigenvalue weighted by Crippen LogP contribution is -2.13. The standard InChI is InChI=1S/C10H14O/c11-7-9-5-1-3-8-4-2-6-10(8)9/h1,3,5,8,10-11H,2,4,6-7H2/t8-,10-/m1/s1. The highest BCUT2D eigenvalue weighted by Gasteiger charge is 2.28. The number of allylic oxidation sites excluding steroid dienone is 3. The molecule has 2 atom stereocenters. The van der Waals surface area contributed by atoms with Crippen LogP contribution < -0.4 is 0 Å². The van der Waals surface area contributed by atoms with Gasteiger partial charge in [0.1, 0.15) is 0 Å². The molecule has 0 aromatic rings. The molecule has 0 saturated heterocycles. The van der Waals surface area contributed by atoms with Gasteiger partial charge in [-0.1, -0.05) is 24.6 Å². The van der Waals surface area contributed by atoms with Crippen molar-refractivity contribution in [2.75, 3.05) is 6.61 Å². The van der Waals surface area contributed by atoms with E-state index in [1.54, 1.807) is 0 Å². The van der Waals surface area contributed by atoms with Gasteiger partial charge in [-0.05, 0) is 30.3 Å². The minimum absolute atomic E-state index is 0.255. The van der Waals surface area contributed by atoms with Crippen LogP contribution in [0.3, 0.4) is 0 Å². The molecule has 0 aromatic heterocycles. The third-order valence-corrected chi connectivity index (χ3v) is 2.90. The predicted octanol–water partition coefficient (Wildman–Crippen LogP) is 1.89. The molecule has 11 heavy (non-hydrogen) atoms. The van der Waals surface area contributed by atoms with Crippen LogP contribution in [-0.4, -0.2) is 11.7 Å². The lowest BCUT2D eigenvalue weighted by molar-refractivity contribution is 0.305. The Balaban J connectivity index is 2.19. The Labute approximate surface area is 67.4 Å². The largest absolute Gasteiger partial charge is 0.392 e. The molecule has 1 nitrogen and oxygen atoms in total. The maximum absolute atomic E-state index is 9.04. The van der Waals surface area contributed by atoms with Crippen molar-refractivity contribution in [2.45, 2.75) is 19.3 Å². The first-order valence-electron chi connectivity index (χ1n) is 4.40. The number of hydrogen-bond acceptors (Lipinski definition) is 1. The molecule has 0 unspecified atom stereocenters. The van der Waals surface area contributed by atoms with Crippen molar-refractivity contribution < 1.29 is 5.11 Å². The summed E-state index contributed by atoms with van der Waals surface area (Å²) in [5, 5.41) is 9.04. The molecule has 0 bridgehead atoms. The van der Waals surface area contributed by atoms with Crippen LogP contribution in [0.2, 0.25) is 0 Å². The summed E-state index contributed by atoms with van der Waals surface area (Å²) in [6.45, 7) is 0.255. The second kappa shape index (κ2) is 2.82. The Kier molecular flexibility index (Phi) is 1.82. The van der Waals surface area contributed by atoms with E-state index in [4.69, 9.17) is 5.11 Å². The summed E-state index contributed by atoms with van der Waals surface area (Å²) in [4.78, 5) is 0. The summed E-state index contributed by atoms with van der Waals surface area (Å²) >= 11 is 0. The summed E-state index contributed by atoms with van der Waals surface area (Å²) in [7, 11) is 0. The average molecular weight is 150 g/mol. The van der Waals surface area contributed by atoms with Crippen LogP contribution in [0.1, 0.15) is 19.3 Å². The van der Waals surface area contributed by atoms with E-state index in [0.717, 1.165) is 5.92 Å². The Morgan fingerprint density at radius 1 is 1.45 bits per heavy atom. The number of aliphatic hydroxyl groups excluding tert-OH is 1. The van der Waals surface area contributed by atoms with E-state index in [9.17, 15) is 0 Å². The van der Waals surface area contributed by atoms with Gasteiger partial charge < -0.3 is 5.11 Å². The lowest BCUT2D eigenvalue weighted by Gasteiger charge is -2.21. The first-order chi connectivity index (χ1) is 5.42. The highest BCUT2D eigenvalue weighted by atomic mass is 16.3. The quantitative estimate of drug-likeness (QED) is 0.605. The fourth-order valence-corrected chi connectivity index (χ4v) is 2.29. The van der Waals surface area contributed by atoms with E-state index >= 15 is 0 Å². The summed E-state index contributed by atoms with van der Waals surface area (Å²) in [6, 6.07) is 0. The normalized spacial score (nSPS) is 35.2. The van der Waals surface area contributed by atoms with Crippen molar-refractivity contribution in [1.82, 2.24) is 0 Å². The molecular formula is C10H14O. The lowest BCUT2D eigenvalue weighted by atomic mass is 9.85. The summed E-state index contributed by atoms with van der Waals surface area (Å²) < 4.78 is 0. The van der Waals surface area contributed by atoms with Gasteiger partial charge in [-0.25, -0.2) is 0 Å². The van der Waals surface area contributed by atoms with E-state index in [1.165, 1.54) is 24.8 Å². The molecule has 0 heterocycles. The van der Waals surface area contributed by atoms with Gasteiger partial charge in [-0.15, -0.1) is 0 Å². The molecule has 2 aliphatic rings. The predicted molar refractivity (Wildman–Crippen MR) is 45.1 cm³/mol. The van der Waals surface area contributed by atoms with Crippen LogP contribution in [0.5, 0.6) is 0 Å². The van der Waals surface area contributed by atoms with E-state index in [-0.39, 0.29) is 6.61 Å². The Hall–Kier alpha value is -0.560. The van der Waals surface area contributed by atoms with Crippen molar-refractivity contribution in [1.29, 1.82) is 0 Å². The van der Waals surface area contributed by atoms with Gasteiger partial charge in [0.05, 0.1) is 6.61 Å². The number of fused-ring (bicyclic) bond motifs is 1. The monoisotopic (exact) mass is 150 g/mol. The van der Waals surface area contributed by atoms with Gasteiger partial charge in [0.25, 0.3) is 0 Å². The molecule has 0 aromatic carbocycles. The van der Waals surface area contributed by atoms with Gasteiger partial charge >= 0.3 is 0 Å². The SMILES string of the molecule is OCC1=CC=C[C@@H]2CCC[C@@H]12. The summed E-state index contributed by atoms with van der Waals surface area (Å²) in [5.74, 6) is 1.41. The maximum atomic E-state index is 9.04. The maximum Gasteiger partial charge on any atom is 0.0647 e. The van der Waals surface area contributed by atoms with Crippen LogP contribution in [0.15, 0.2) is 23.8 Å². The molecule has 2 aliphatic carbocycles. The van der Waals surface area contributed by atoms with Crippen LogP contribution >= 0.6 is 0 Å². The summed E-state index contributed by atoms with van der Waals surface area (Å²) in [5.41, 5.74) is 1.25. The highest BCUT2D eigenvalue weighted by Crippen LogP contribution is 2.39. The zero-order valence-electron chi connectivity index (χ0n) is 6.66. The Morgan fingerprint density at radius 2 is 2.36 bits per heavy atom. The highest BCUT2D eigenvalue weighted by molar-refractivity contribution is 5.24. The van der Waals surface area contributed by atoms with E-state index in [0.29, 0.717) is 5.92 Å². The van der Waals surface area contributed by atoms with E-state index < -0.39 is 0 Å². The van der Waals surface area contributed by atoms with E-state index in [2.05, 4.69) is 18.2 Å². The smallest absolute Gasteiger partial charge is 0.0647 e. The number of hydrogen-bond donors (Lipinski definition) is 1. The minimum Gasteiger partial charge on any atom is -0.392 e. The van der Waals surface area contributed by atoms with Crippen molar-refractivity contribution in [3.05, 3.63) is 23.8 Å². The topological polar surface area (TPSA) is 20.2 Å². The first kappa shape index (κ1) is 7.11. The zero-order chi connectivity index (χ0) is 7.68. The third-order valence-electron chi connectivity index (χ3n) is 2.90. The molecule has 0 aliphatic heterocycles. The van der Waals surface area contributed by atoms with Gasteiger partial charge in [0.2, 0.25) is 0 Å². The molecule has 1 heteroatoms. The fraction of sp³-hybridized carbons (Fsp3) is 0.600. The molecule has 1 fully saturated rings. The van der Waals surface area contributed by atoms with E-state index in [1.807, 2.05) is 0 Å². The second-order valence-corrected chi connectivity index (χ2v) is 3.49.